The van der Waals surface area contributed by atoms with Crippen LogP contribution in [0.2, 0.25) is 5.15 Å². The van der Waals surface area contributed by atoms with E-state index in [4.69, 9.17) is 17.3 Å². The van der Waals surface area contributed by atoms with Gasteiger partial charge in [-0.25, -0.2) is 4.98 Å². The van der Waals surface area contributed by atoms with Crippen molar-refractivity contribution in [3.8, 4) is 0 Å². The van der Waals surface area contributed by atoms with Crippen LogP contribution in [-0.4, -0.2) is 41.0 Å². The Morgan fingerprint density at radius 3 is 2.33 bits per heavy atom. The van der Waals surface area contributed by atoms with Gasteiger partial charge >= 0.3 is 0 Å². The molecule has 0 bridgehead atoms. The minimum absolute atomic E-state index is 0.227. The Kier molecular flexibility index (Phi) is 5.21. The Labute approximate surface area is 148 Å². The van der Waals surface area contributed by atoms with Crippen molar-refractivity contribution < 1.29 is 0 Å². The number of benzene rings is 1. The fourth-order valence-corrected chi connectivity index (χ4v) is 3.17. The molecule has 2 N–H and O–H groups in total. The first-order valence-electron chi connectivity index (χ1n) is 8.37. The fraction of sp³-hybridized carbons (Fsp3) is 0.444. The van der Waals surface area contributed by atoms with Crippen LogP contribution < -0.4 is 10.6 Å². The lowest BCUT2D eigenvalue weighted by Crippen LogP contribution is -2.46. The number of nitrogen functional groups attached to an aromatic ring is 1. The molecule has 3 rings (SSSR count). The van der Waals surface area contributed by atoms with Gasteiger partial charge in [-0.2, -0.15) is 4.98 Å². The quantitative estimate of drug-likeness (QED) is 0.862. The molecule has 24 heavy (non-hydrogen) atoms. The third kappa shape index (κ3) is 4.16. The molecule has 0 saturated carbocycles. The van der Waals surface area contributed by atoms with Gasteiger partial charge in [-0.3, -0.25) is 4.90 Å². The molecule has 1 aliphatic rings. The summed E-state index contributed by atoms with van der Waals surface area (Å²) in [5, 5.41) is 0.394. The number of nitrogens with two attached hydrogens (primary N) is 1. The molecule has 128 valence electrons. The largest absolute Gasteiger partial charge is 0.368 e. The molecule has 1 fully saturated rings. The van der Waals surface area contributed by atoms with Gasteiger partial charge in [0.2, 0.25) is 5.95 Å². The van der Waals surface area contributed by atoms with Gasteiger partial charge in [-0.15, -0.1) is 0 Å². The zero-order valence-corrected chi connectivity index (χ0v) is 15.0. The van der Waals surface area contributed by atoms with Gasteiger partial charge in [0.1, 0.15) is 11.0 Å². The highest BCUT2D eigenvalue weighted by Crippen LogP contribution is 2.20. The summed E-state index contributed by atoms with van der Waals surface area (Å²) in [6.45, 7) is 9.24. The molecule has 0 spiro atoms. The first-order valence-corrected chi connectivity index (χ1v) is 8.75. The van der Waals surface area contributed by atoms with Crippen LogP contribution in [0, 0.1) is 0 Å². The molecule has 0 aliphatic carbocycles. The van der Waals surface area contributed by atoms with E-state index in [9.17, 15) is 0 Å². The van der Waals surface area contributed by atoms with Crippen LogP contribution in [0.15, 0.2) is 30.3 Å². The minimum atomic E-state index is 0.227. The lowest BCUT2D eigenvalue weighted by molar-refractivity contribution is 0.249. The molecule has 5 nitrogen and oxygen atoms in total. The summed E-state index contributed by atoms with van der Waals surface area (Å²) in [5.74, 6) is 1.62. The number of rotatable bonds is 4. The molecular formula is C18H24ClN5. The summed E-state index contributed by atoms with van der Waals surface area (Å²) in [5.41, 5.74) is 8.44. The topological polar surface area (TPSA) is 58.3 Å². The van der Waals surface area contributed by atoms with E-state index in [2.05, 4.69) is 57.9 Å². The van der Waals surface area contributed by atoms with E-state index in [0.29, 0.717) is 11.1 Å². The zero-order valence-electron chi connectivity index (χ0n) is 14.2. The van der Waals surface area contributed by atoms with Crippen LogP contribution in [0.4, 0.5) is 11.8 Å². The predicted molar refractivity (Wildman–Crippen MR) is 99.5 cm³/mol. The van der Waals surface area contributed by atoms with Crippen molar-refractivity contribution in [2.45, 2.75) is 26.3 Å². The fourth-order valence-electron chi connectivity index (χ4n) is 2.99. The number of hydrogen-bond donors (Lipinski definition) is 1. The summed E-state index contributed by atoms with van der Waals surface area (Å²) >= 11 is 5.97. The van der Waals surface area contributed by atoms with Gasteiger partial charge in [0.25, 0.3) is 0 Å². The number of nitrogens with zero attached hydrogens (tertiary/aromatic N) is 4. The average molecular weight is 346 g/mol. The smallest absolute Gasteiger partial charge is 0.223 e. The monoisotopic (exact) mass is 345 g/mol. The molecule has 0 radical (unpaired) electrons. The van der Waals surface area contributed by atoms with Crippen LogP contribution in [0.3, 0.4) is 0 Å². The van der Waals surface area contributed by atoms with Gasteiger partial charge in [-0.05, 0) is 17.0 Å². The molecule has 6 heteroatoms. The molecule has 2 aromatic rings. The highest BCUT2D eigenvalue weighted by atomic mass is 35.5. The maximum Gasteiger partial charge on any atom is 0.223 e. The number of aromatic nitrogens is 2. The molecular weight excluding hydrogens is 322 g/mol. The van der Waals surface area contributed by atoms with Crippen LogP contribution in [0.25, 0.3) is 0 Å². The molecule has 1 aliphatic heterocycles. The van der Waals surface area contributed by atoms with E-state index in [1.165, 1.54) is 11.1 Å². The van der Waals surface area contributed by atoms with E-state index in [0.717, 1.165) is 38.5 Å². The Morgan fingerprint density at radius 2 is 1.75 bits per heavy atom. The van der Waals surface area contributed by atoms with Crippen molar-refractivity contribution in [1.82, 2.24) is 14.9 Å². The molecule has 2 heterocycles. The van der Waals surface area contributed by atoms with Crippen LogP contribution in [0.5, 0.6) is 0 Å². The number of anilines is 2. The lowest BCUT2D eigenvalue weighted by Gasteiger charge is -2.35. The summed E-state index contributed by atoms with van der Waals surface area (Å²) in [6, 6.07) is 10.7. The lowest BCUT2D eigenvalue weighted by atomic mass is 10.0. The molecule has 1 aromatic carbocycles. The van der Waals surface area contributed by atoms with Gasteiger partial charge < -0.3 is 10.6 Å². The third-order valence-electron chi connectivity index (χ3n) is 4.45. The van der Waals surface area contributed by atoms with Crippen molar-refractivity contribution in [2.75, 3.05) is 36.8 Å². The van der Waals surface area contributed by atoms with Crippen molar-refractivity contribution in [3.05, 3.63) is 46.6 Å². The summed E-state index contributed by atoms with van der Waals surface area (Å²) < 4.78 is 0. The molecule has 0 atom stereocenters. The van der Waals surface area contributed by atoms with Gasteiger partial charge in [-0.1, -0.05) is 49.7 Å². The maximum absolute atomic E-state index is 5.97. The van der Waals surface area contributed by atoms with E-state index in [1.54, 1.807) is 6.07 Å². The van der Waals surface area contributed by atoms with Crippen molar-refractivity contribution in [3.63, 3.8) is 0 Å². The Bertz CT molecular complexity index is 658. The maximum atomic E-state index is 5.97. The Morgan fingerprint density at radius 1 is 1.08 bits per heavy atom. The van der Waals surface area contributed by atoms with Crippen molar-refractivity contribution in [2.24, 2.45) is 0 Å². The van der Waals surface area contributed by atoms with Gasteiger partial charge in [0.15, 0.2) is 0 Å². The van der Waals surface area contributed by atoms with E-state index in [-0.39, 0.29) is 5.95 Å². The third-order valence-corrected chi connectivity index (χ3v) is 4.64. The van der Waals surface area contributed by atoms with Crippen LogP contribution >= 0.6 is 11.6 Å². The summed E-state index contributed by atoms with van der Waals surface area (Å²) in [4.78, 5) is 12.9. The molecule has 1 saturated heterocycles. The normalized spacial score (nSPS) is 15.9. The van der Waals surface area contributed by atoms with Crippen molar-refractivity contribution >= 4 is 23.4 Å². The number of hydrogen-bond acceptors (Lipinski definition) is 5. The van der Waals surface area contributed by atoms with Crippen LogP contribution in [-0.2, 0) is 6.54 Å². The highest BCUT2D eigenvalue weighted by molar-refractivity contribution is 6.29. The second kappa shape index (κ2) is 7.36. The second-order valence-corrected chi connectivity index (χ2v) is 6.95. The molecule has 0 amide bonds. The average Bonchev–Trinajstić information content (AvgIpc) is 2.55. The van der Waals surface area contributed by atoms with E-state index >= 15 is 0 Å². The predicted octanol–water partition coefficient (Wildman–Crippen LogP) is 3.16. The first-order chi connectivity index (χ1) is 11.5. The zero-order chi connectivity index (χ0) is 17.1. The summed E-state index contributed by atoms with van der Waals surface area (Å²) in [7, 11) is 0. The Balaban J connectivity index is 1.57. The summed E-state index contributed by atoms with van der Waals surface area (Å²) in [6.07, 6.45) is 0. The van der Waals surface area contributed by atoms with Crippen LogP contribution in [0.1, 0.15) is 30.9 Å². The van der Waals surface area contributed by atoms with E-state index in [1.807, 2.05) is 0 Å². The minimum Gasteiger partial charge on any atom is -0.368 e. The number of piperazine rings is 1. The standard InChI is InChI=1S/C18H24ClN5/c1-13(2)15-5-3-14(4-6-15)12-23-7-9-24(10-8-23)17-11-16(19)21-18(20)22-17/h3-6,11,13H,7-10,12H2,1-2H3,(H2,20,21,22). The van der Waals surface area contributed by atoms with Gasteiger partial charge in [0.05, 0.1) is 0 Å². The first kappa shape index (κ1) is 17.0. The van der Waals surface area contributed by atoms with Gasteiger partial charge in [0, 0.05) is 38.8 Å². The van der Waals surface area contributed by atoms with E-state index < -0.39 is 0 Å². The molecule has 0 unspecified atom stereocenters. The molecule has 1 aromatic heterocycles. The Hall–Kier alpha value is -1.85. The van der Waals surface area contributed by atoms with Crippen molar-refractivity contribution in [1.29, 1.82) is 0 Å². The second-order valence-electron chi connectivity index (χ2n) is 6.57. The SMILES string of the molecule is CC(C)c1ccc(CN2CCN(c3cc(Cl)nc(N)n3)CC2)cc1. The highest BCUT2D eigenvalue weighted by Gasteiger charge is 2.19. The number of halogens is 1.